The van der Waals surface area contributed by atoms with E-state index in [-0.39, 0.29) is 12.0 Å². The van der Waals surface area contributed by atoms with Crippen LogP contribution in [0.15, 0.2) is 0 Å². The monoisotopic (exact) mass is 298 g/mol. The van der Waals surface area contributed by atoms with Crippen molar-refractivity contribution in [3.8, 4) is 0 Å². The standard InChI is InChI=1S/C17H34N2O2/c1-6-21-16(20)15(18-14(2)3)8-12-19-11-7-9-17(4,5)10-13-19/h14-15,18H,6-13H2,1-5H3. The van der Waals surface area contributed by atoms with Crippen LogP contribution in [0.25, 0.3) is 0 Å². The second-order valence-corrected chi connectivity index (χ2v) is 7.27. The van der Waals surface area contributed by atoms with Crippen molar-refractivity contribution >= 4 is 5.97 Å². The molecule has 0 radical (unpaired) electrons. The molecule has 0 aliphatic carbocycles. The highest BCUT2D eigenvalue weighted by Crippen LogP contribution is 2.29. The molecule has 1 aliphatic rings. The molecule has 124 valence electrons. The van der Waals surface area contributed by atoms with Crippen LogP contribution in [0.1, 0.15) is 60.3 Å². The lowest BCUT2D eigenvalue weighted by Crippen LogP contribution is -2.44. The number of carbonyl (C=O) groups is 1. The van der Waals surface area contributed by atoms with Gasteiger partial charge < -0.3 is 15.0 Å². The molecule has 1 saturated heterocycles. The van der Waals surface area contributed by atoms with Gasteiger partial charge in [0.1, 0.15) is 6.04 Å². The molecule has 1 unspecified atom stereocenters. The lowest BCUT2D eigenvalue weighted by atomic mass is 9.85. The van der Waals surface area contributed by atoms with E-state index >= 15 is 0 Å². The van der Waals surface area contributed by atoms with Gasteiger partial charge in [0.05, 0.1) is 6.61 Å². The maximum absolute atomic E-state index is 12.0. The highest BCUT2D eigenvalue weighted by atomic mass is 16.5. The van der Waals surface area contributed by atoms with Gasteiger partial charge in [0.25, 0.3) is 0 Å². The summed E-state index contributed by atoms with van der Waals surface area (Å²) in [6, 6.07) is 0.115. The molecule has 0 amide bonds. The molecule has 1 aliphatic heterocycles. The number of hydrogen-bond donors (Lipinski definition) is 1. The van der Waals surface area contributed by atoms with Gasteiger partial charge in [-0.25, -0.2) is 0 Å². The summed E-state index contributed by atoms with van der Waals surface area (Å²) in [5.74, 6) is -0.110. The molecule has 0 spiro atoms. The van der Waals surface area contributed by atoms with Gasteiger partial charge in [-0.1, -0.05) is 27.7 Å². The Morgan fingerprint density at radius 1 is 1.29 bits per heavy atom. The molecule has 1 heterocycles. The average molecular weight is 298 g/mol. The number of likely N-dealkylation sites (tertiary alicyclic amines) is 1. The van der Waals surface area contributed by atoms with E-state index in [9.17, 15) is 4.79 Å². The van der Waals surface area contributed by atoms with Crippen molar-refractivity contribution < 1.29 is 9.53 Å². The minimum absolute atomic E-state index is 0.110. The maximum Gasteiger partial charge on any atom is 0.323 e. The average Bonchev–Trinajstić information content (AvgIpc) is 2.55. The molecule has 4 nitrogen and oxygen atoms in total. The van der Waals surface area contributed by atoms with Crippen LogP contribution in [0.5, 0.6) is 0 Å². The maximum atomic E-state index is 12.0. The first kappa shape index (κ1) is 18.4. The van der Waals surface area contributed by atoms with Crippen molar-refractivity contribution in [3.05, 3.63) is 0 Å². The van der Waals surface area contributed by atoms with Gasteiger partial charge >= 0.3 is 5.97 Å². The summed E-state index contributed by atoms with van der Waals surface area (Å²) >= 11 is 0. The van der Waals surface area contributed by atoms with Crippen molar-refractivity contribution in [1.82, 2.24) is 10.2 Å². The quantitative estimate of drug-likeness (QED) is 0.734. The second kappa shape index (κ2) is 8.74. The van der Waals surface area contributed by atoms with Crippen molar-refractivity contribution in [2.45, 2.75) is 72.4 Å². The SMILES string of the molecule is CCOC(=O)C(CCN1CCCC(C)(C)CC1)NC(C)C. The van der Waals surface area contributed by atoms with E-state index in [0.717, 1.165) is 26.1 Å². The summed E-state index contributed by atoms with van der Waals surface area (Å²) < 4.78 is 5.18. The summed E-state index contributed by atoms with van der Waals surface area (Å²) in [5.41, 5.74) is 0.464. The van der Waals surface area contributed by atoms with Gasteiger partial charge in [-0.15, -0.1) is 0 Å². The minimum atomic E-state index is -0.179. The number of carbonyl (C=O) groups excluding carboxylic acids is 1. The normalized spacial score (nSPS) is 21.0. The number of nitrogens with zero attached hydrogens (tertiary/aromatic N) is 1. The fraction of sp³-hybridized carbons (Fsp3) is 0.941. The minimum Gasteiger partial charge on any atom is -0.465 e. The van der Waals surface area contributed by atoms with Crippen LogP contribution in [0.4, 0.5) is 0 Å². The Kier molecular flexibility index (Phi) is 7.67. The third-order valence-electron chi connectivity index (χ3n) is 4.27. The Labute approximate surface area is 130 Å². The number of esters is 1. The van der Waals surface area contributed by atoms with Crippen LogP contribution < -0.4 is 5.32 Å². The van der Waals surface area contributed by atoms with Crippen molar-refractivity contribution in [2.75, 3.05) is 26.2 Å². The zero-order valence-electron chi connectivity index (χ0n) is 14.6. The lowest BCUT2D eigenvalue weighted by molar-refractivity contribution is -0.146. The third kappa shape index (κ3) is 7.28. The fourth-order valence-corrected chi connectivity index (χ4v) is 2.93. The number of ether oxygens (including phenoxy) is 1. The molecular weight excluding hydrogens is 264 g/mol. The first-order valence-electron chi connectivity index (χ1n) is 8.49. The Hall–Kier alpha value is -0.610. The van der Waals surface area contributed by atoms with Crippen LogP contribution in [0.2, 0.25) is 0 Å². The Morgan fingerprint density at radius 3 is 2.62 bits per heavy atom. The topological polar surface area (TPSA) is 41.6 Å². The smallest absolute Gasteiger partial charge is 0.323 e. The van der Waals surface area contributed by atoms with Gasteiger partial charge in [-0.05, 0) is 51.1 Å². The molecule has 1 rings (SSSR count). The van der Waals surface area contributed by atoms with Crippen molar-refractivity contribution in [2.24, 2.45) is 5.41 Å². The van der Waals surface area contributed by atoms with E-state index in [2.05, 4.69) is 37.9 Å². The summed E-state index contributed by atoms with van der Waals surface area (Å²) in [4.78, 5) is 14.5. The molecular formula is C17H34N2O2. The van der Waals surface area contributed by atoms with Gasteiger partial charge in [0, 0.05) is 12.6 Å². The highest BCUT2D eigenvalue weighted by Gasteiger charge is 2.25. The predicted molar refractivity (Wildman–Crippen MR) is 87.4 cm³/mol. The summed E-state index contributed by atoms with van der Waals surface area (Å²) in [6.07, 6.45) is 4.63. The van der Waals surface area contributed by atoms with E-state index in [1.54, 1.807) is 0 Å². The van der Waals surface area contributed by atoms with Gasteiger partial charge in [-0.2, -0.15) is 0 Å². The second-order valence-electron chi connectivity index (χ2n) is 7.27. The van der Waals surface area contributed by atoms with E-state index < -0.39 is 0 Å². The first-order chi connectivity index (χ1) is 9.84. The molecule has 21 heavy (non-hydrogen) atoms. The van der Waals surface area contributed by atoms with Crippen LogP contribution in [0.3, 0.4) is 0 Å². The van der Waals surface area contributed by atoms with Crippen molar-refractivity contribution in [1.29, 1.82) is 0 Å². The zero-order valence-corrected chi connectivity index (χ0v) is 14.6. The van der Waals surface area contributed by atoms with E-state index in [1.807, 2.05) is 6.92 Å². The zero-order chi connectivity index (χ0) is 15.9. The summed E-state index contributed by atoms with van der Waals surface area (Å²) in [5, 5.41) is 3.33. The molecule has 0 aromatic rings. The first-order valence-corrected chi connectivity index (χ1v) is 8.49. The number of nitrogens with one attached hydrogen (secondary N) is 1. The molecule has 0 bridgehead atoms. The summed E-state index contributed by atoms with van der Waals surface area (Å²) in [7, 11) is 0. The van der Waals surface area contributed by atoms with Crippen molar-refractivity contribution in [3.63, 3.8) is 0 Å². The molecule has 0 saturated carbocycles. The lowest BCUT2D eigenvalue weighted by Gasteiger charge is -2.25. The molecule has 1 N–H and O–H groups in total. The van der Waals surface area contributed by atoms with E-state index in [1.165, 1.54) is 19.3 Å². The van der Waals surface area contributed by atoms with Crippen LogP contribution in [-0.2, 0) is 9.53 Å². The number of rotatable bonds is 7. The molecule has 0 aromatic carbocycles. The molecule has 4 heteroatoms. The molecule has 1 atom stereocenters. The molecule has 0 aromatic heterocycles. The highest BCUT2D eigenvalue weighted by molar-refractivity contribution is 5.75. The van der Waals surface area contributed by atoms with Gasteiger partial charge in [0.15, 0.2) is 0 Å². The number of hydrogen-bond acceptors (Lipinski definition) is 4. The fourth-order valence-electron chi connectivity index (χ4n) is 2.93. The molecule has 1 fully saturated rings. The Balaban J connectivity index is 2.46. The Morgan fingerprint density at radius 2 is 2.00 bits per heavy atom. The van der Waals surface area contributed by atoms with Gasteiger partial charge in [-0.3, -0.25) is 4.79 Å². The van der Waals surface area contributed by atoms with E-state index in [0.29, 0.717) is 18.1 Å². The van der Waals surface area contributed by atoms with E-state index in [4.69, 9.17) is 4.74 Å². The largest absolute Gasteiger partial charge is 0.465 e. The predicted octanol–water partition coefficient (Wildman–Crippen LogP) is 2.82. The van der Waals surface area contributed by atoms with Crippen LogP contribution >= 0.6 is 0 Å². The van der Waals surface area contributed by atoms with Crippen LogP contribution in [0, 0.1) is 5.41 Å². The Bertz CT molecular complexity index is 316. The van der Waals surface area contributed by atoms with Gasteiger partial charge in [0.2, 0.25) is 0 Å². The third-order valence-corrected chi connectivity index (χ3v) is 4.27. The summed E-state index contributed by atoms with van der Waals surface area (Å²) in [6.45, 7) is 14.4. The van der Waals surface area contributed by atoms with Crippen LogP contribution in [-0.4, -0.2) is 49.2 Å².